The van der Waals surface area contributed by atoms with Crippen molar-refractivity contribution in [2.24, 2.45) is 0 Å². The Morgan fingerprint density at radius 2 is 1.83 bits per heavy atom. The van der Waals surface area contributed by atoms with E-state index in [9.17, 15) is 8.42 Å². The second-order valence-electron chi connectivity index (χ2n) is 5.53. The van der Waals surface area contributed by atoms with Crippen molar-refractivity contribution in [3.05, 3.63) is 42.9 Å². The number of ether oxygens (including phenoxy) is 1. The predicted octanol–water partition coefficient (Wildman–Crippen LogP) is 2.59. The van der Waals surface area contributed by atoms with Crippen LogP contribution in [-0.2, 0) is 9.84 Å². The molecule has 0 bridgehead atoms. The third-order valence-corrected chi connectivity index (χ3v) is 4.45. The standard InChI is InChI=1S/C16H17N3O3S/c1-11(2)22-16-15-18-10-14(19(15)9-8-17-16)12-4-6-13(7-5-12)23(3,20)21/h4-11H,1-3H3. The van der Waals surface area contributed by atoms with E-state index in [1.165, 1.54) is 6.26 Å². The van der Waals surface area contributed by atoms with Crippen molar-refractivity contribution in [3.63, 3.8) is 0 Å². The Morgan fingerprint density at radius 3 is 2.43 bits per heavy atom. The molecule has 7 heteroatoms. The molecular weight excluding hydrogens is 314 g/mol. The van der Waals surface area contributed by atoms with E-state index >= 15 is 0 Å². The maximum absolute atomic E-state index is 11.5. The Kier molecular flexibility index (Phi) is 3.81. The molecule has 0 aliphatic carbocycles. The molecule has 2 aromatic heterocycles. The molecular formula is C16H17N3O3S. The maximum atomic E-state index is 11.5. The molecule has 2 heterocycles. The van der Waals surface area contributed by atoms with Crippen molar-refractivity contribution in [1.29, 1.82) is 0 Å². The zero-order valence-electron chi connectivity index (χ0n) is 13.1. The van der Waals surface area contributed by atoms with Gasteiger partial charge in [-0.3, -0.25) is 4.40 Å². The van der Waals surface area contributed by atoms with Crippen molar-refractivity contribution in [2.75, 3.05) is 6.26 Å². The monoisotopic (exact) mass is 331 g/mol. The smallest absolute Gasteiger partial charge is 0.258 e. The molecule has 0 N–H and O–H groups in total. The van der Waals surface area contributed by atoms with Crippen molar-refractivity contribution in [2.45, 2.75) is 24.8 Å². The lowest BCUT2D eigenvalue weighted by Gasteiger charge is -2.09. The lowest BCUT2D eigenvalue weighted by molar-refractivity contribution is 0.234. The Morgan fingerprint density at radius 1 is 1.13 bits per heavy atom. The van der Waals surface area contributed by atoms with Crippen LogP contribution in [0.15, 0.2) is 47.8 Å². The number of aromatic nitrogens is 3. The van der Waals surface area contributed by atoms with Crippen LogP contribution in [0.1, 0.15) is 13.8 Å². The van der Waals surface area contributed by atoms with E-state index in [0.29, 0.717) is 16.4 Å². The van der Waals surface area contributed by atoms with Crippen molar-refractivity contribution in [1.82, 2.24) is 14.4 Å². The van der Waals surface area contributed by atoms with Gasteiger partial charge >= 0.3 is 0 Å². The summed E-state index contributed by atoms with van der Waals surface area (Å²) < 4.78 is 30.6. The average molecular weight is 331 g/mol. The Bertz CT molecular complexity index is 944. The highest BCUT2D eigenvalue weighted by Gasteiger charge is 2.13. The number of imidazole rings is 1. The Labute approximate surface area is 134 Å². The summed E-state index contributed by atoms with van der Waals surface area (Å²) in [6, 6.07) is 6.72. The van der Waals surface area contributed by atoms with Crippen molar-refractivity contribution >= 4 is 15.5 Å². The molecule has 1 aromatic carbocycles. The molecule has 0 aliphatic rings. The summed E-state index contributed by atoms with van der Waals surface area (Å²) in [4.78, 5) is 8.88. The minimum absolute atomic E-state index is 0.00268. The molecule has 23 heavy (non-hydrogen) atoms. The van der Waals surface area contributed by atoms with E-state index in [4.69, 9.17) is 4.74 Å². The van der Waals surface area contributed by atoms with Crippen LogP contribution in [0.5, 0.6) is 5.88 Å². The van der Waals surface area contributed by atoms with Crippen LogP contribution >= 0.6 is 0 Å². The number of nitrogens with zero attached hydrogens (tertiary/aromatic N) is 3. The SMILES string of the molecule is CC(C)Oc1nccn2c(-c3ccc(S(C)(=O)=O)cc3)cnc12. The van der Waals surface area contributed by atoms with Gasteiger partial charge in [0.2, 0.25) is 5.65 Å². The van der Waals surface area contributed by atoms with E-state index in [1.807, 2.05) is 18.2 Å². The molecule has 0 saturated carbocycles. The zero-order chi connectivity index (χ0) is 16.6. The van der Waals surface area contributed by atoms with E-state index in [0.717, 1.165) is 11.3 Å². The highest BCUT2D eigenvalue weighted by molar-refractivity contribution is 7.90. The summed E-state index contributed by atoms with van der Waals surface area (Å²) in [5.41, 5.74) is 2.34. The largest absolute Gasteiger partial charge is 0.472 e. The number of benzene rings is 1. The first-order valence-electron chi connectivity index (χ1n) is 7.15. The van der Waals surface area contributed by atoms with Gasteiger partial charge in [-0.2, -0.15) is 0 Å². The van der Waals surface area contributed by atoms with E-state index in [-0.39, 0.29) is 6.10 Å². The second kappa shape index (κ2) is 5.66. The first kappa shape index (κ1) is 15.5. The second-order valence-corrected chi connectivity index (χ2v) is 7.55. The van der Waals surface area contributed by atoms with Crippen LogP contribution in [0.3, 0.4) is 0 Å². The molecule has 0 fully saturated rings. The normalized spacial score (nSPS) is 12.0. The van der Waals surface area contributed by atoms with Gasteiger partial charge in [-0.05, 0) is 26.0 Å². The first-order chi connectivity index (χ1) is 10.9. The molecule has 0 amide bonds. The number of fused-ring (bicyclic) bond motifs is 1. The van der Waals surface area contributed by atoms with Gasteiger partial charge in [0.15, 0.2) is 9.84 Å². The molecule has 120 valence electrons. The third kappa shape index (κ3) is 3.05. The minimum Gasteiger partial charge on any atom is -0.472 e. The fourth-order valence-electron chi connectivity index (χ4n) is 2.29. The third-order valence-electron chi connectivity index (χ3n) is 3.32. The highest BCUT2D eigenvalue weighted by Crippen LogP contribution is 2.25. The van der Waals surface area contributed by atoms with Gasteiger partial charge < -0.3 is 4.74 Å². The number of rotatable bonds is 4. The average Bonchev–Trinajstić information content (AvgIpc) is 2.91. The van der Waals surface area contributed by atoms with Crippen LogP contribution in [0.25, 0.3) is 16.9 Å². The van der Waals surface area contributed by atoms with E-state index in [2.05, 4.69) is 9.97 Å². The number of hydrogen-bond acceptors (Lipinski definition) is 5. The van der Waals surface area contributed by atoms with Crippen LogP contribution in [0.4, 0.5) is 0 Å². The first-order valence-corrected chi connectivity index (χ1v) is 9.04. The van der Waals surface area contributed by atoms with Crippen molar-refractivity contribution in [3.8, 4) is 17.1 Å². The molecule has 0 saturated heterocycles. The van der Waals surface area contributed by atoms with E-state index < -0.39 is 9.84 Å². The van der Waals surface area contributed by atoms with Gasteiger partial charge in [-0.1, -0.05) is 12.1 Å². The lowest BCUT2D eigenvalue weighted by Crippen LogP contribution is -2.08. The van der Waals surface area contributed by atoms with Gasteiger partial charge in [0.25, 0.3) is 5.88 Å². The molecule has 0 radical (unpaired) electrons. The number of sulfone groups is 1. The van der Waals surface area contributed by atoms with Crippen LogP contribution in [0, 0.1) is 0 Å². The summed E-state index contributed by atoms with van der Waals surface area (Å²) in [5.74, 6) is 0.474. The summed E-state index contributed by atoms with van der Waals surface area (Å²) in [7, 11) is -3.20. The van der Waals surface area contributed by atoms with E-state index in [1.54, 1.807) is 42.9 Å². The molecule has 0 unspecified atom stereocenters. The highest BCUT2D eigenvalue weighted by atomic mass is 32.2. The summed E-state index contributed by atoms with van der Waals surface area (Å²) >= 11 is 0. The van der Waals surface area contributed by atoms with Gasteiger partial charge in [0, 0.05) is 24.2 Å². The fourth-order valence-corrected chi connectivity index (χ4v) is 2.92. The van der Waals surface area contributed by atoms with Gasteiger partial charge in [-0.15, -0.1) is 0 Å². The summed E-state index contributed by atoms with van der Waals surface area (Å²) in [6.07, 6.45) is 6.37. The molecule has 3 aromatic rings. The van der Waals surface area contributed by atoms with Crippen LogP contribution in [0.2, 0.25) is 0 Å². The van der Waals surface area contributed by atoms with Gasteiger partial charge in [-0.25, -0.2) is 18.4 Å². The summed E-state index contributed by atoms with van der Waals surface area (Å²) in [5, 5.41) is 0. The molecule has 6 nitrogen and oxygen atoms in total. The van der Waals surface area contributed by atoms with Crippen molar-refractivity contribution < 1.29 is 13.2 Å². The fraction of sp³-hybridized carbons (Fsp3) is 0.250. The molecule has 0 aliphatic heterocycles. The lowest BCUT2D eigenvalue weighted by atomic mass is 10.2. The minimum atomic E-state index is -3.20. The maximum Gasteiger partial charge on any atom is 0.258 e. The van der Waals surface area contributed by atoms with Gasteiger partial charge in [0.1, 0.15) is 0 Å². The molecule has 0 spiro atoms. The topological polar surface area (TPSA) is 73.6 Å². The zero-order valence-corrected chi connectivity index (χ0v) is 13.9. The van der Waals surface area contributed by atoms with Crippen LogP contribution in [-0.4, -0.2) is 35.1 Å². The Hall–Kier alpha value is -2.41. The van der Waals surface area contributed by atoms with Crippen LogP contribution < -0.4 is 4.74 Å². The summed E-state index contributed by atoms with van der Waals surface area (Å²) in [6.45, 7) is 3.86. The number of hydrogen-bond donors (Lipinski definition) is 0. The quantitative estimate of drug-likeness (QED) is 0.734. The Balaban J connectivity index is 2.07. The molecule has 3 rings (SSSR count). The van der Waals surface area contributed by atoms with Gasteiger partial charge in [0.05, 0.1) is 22.9 Å². The predicted molar refractivity (Wildman–Crippen MR) is 87.3 cm³/mol. The molecule has 0 atom stereocenters.